The van der Waals surface area contributed by atoms with Crippen molar-refractivity contribution in [1.82, 2.24) is 10.3 Å². The molecule has 106 valence electrons. The van der Waals surface area contributed by atoms with Gasteiger partial charge in [0.2, 0.25) is 0 Å². The molecule has 1 aliphatic carbocycles. The minimum absolute atomic E-state index is 0.507. The number of hydrogen-bond donors (Lipinski definition) is 1. The highest BCUT2D eigenvalue weighted by Gasteiger charge is 2.24. The smallest absolute Gasteiger partial charge is 0.125 e. The van der Waals surface area contributed by atoms with Gasteiger partial charge in [-0.25, -0.2) is 4.98 Å². The molecule has 0 spiro atoms. The SMILES string of the molecule is CCCNC1CCCc2nc(-c3ccccc3Br)sc21. The maximum atomic E-state index is 4.89. The quantitative estimate of drug-likeness (QED) is 0.843. The van der Waals surface area contributed by atoms with E-state index in [-0.39, 0.29) is 0 Å². The lowest BCUT2D eigenvalue weighted by molar-refractivity contribution is 0.465. The van der Waals surface area contributed by atoms with E-state index in [0.29, 0.717) is 6.04 Å². The second kappa shape index (κ2) is 6.37. The number of fused-ring (bicyclic) bond motifs is 1. The fraction of sp³-hybridized carbons (Fsp3) is 0.438. The second-order valence-electron chi connectivity index (χ2n) is 5.21. The lowest BCUT2D eigenvalue weighted by Gasteiger charge is -2.22. The monoisotopic (exact) mass is 350 g/mol. The van der Waals surface area contributed by atoms with E-state index in [0.717, 1.165) is 22.4 Å². The first-order valence-electron chi connectivity index (χ1n) is 7.27. The van der Waals surface area contributed by atoms with Crippen LogP contribution in [0.15, 0.2) is 28.7 Å². The van der Waals surface area contributed by atoms with E-state index < -0.39 is 0 Å². The van der Waals surface area contributed by atoms with Crippen molar-refractivity contribution in [2.45, 2.75) is 38.6 Å². The van der Waals surface area contributed by atoms with Gasteiger partial charge >= 0.3 is 0 Å². The van der Waals surface area contributed by atoms with Gasteiger partial charge in [-0.15, -0.1) is 11.3 Å². The van der Waals surface area contributed by atoms with Crippen molar-refractivity contribution in [3.8, 4) is 10.6 Å². The van der Waals surface area contributed by atoms with Crippen LogP contribution in [-0.2, 0) is 6.42 Å². The van der Waals surface area contributed by atoms with Crippen LogP contribution in [0.1, 0.15) is 42.8 Å². The Hall–Kier alpha value is -0.710. The van der Waals surface area contributed by atoms with Crippen LogP contribution in [0.2, 0.25) is 0 Å². The molecule has 2 aromatic rings. The Balaban J connectivity index is 1.93. The van der Waals surface area contributed by atoms with Crippen LogP contribution in [0.4, 0.5) is 0 Å². The summed E-state index contributed by atoms with van der Waals surface area (Å²) >= 11 is 5.49. The summed E-state index contributed by atoms with van der Waals surface area (Å²) in [4.78, 5) is 6.34. The predicted molar refractivity (Wildman–Crippen MR) is 89.2 cm³/mol. The first-order valence-corrected chi connectivity index (χ1v) is 8.88. The van der Waals surface area contributed by atoms with Gasteiger partial charge in [0.1, 0.15) is 5.01 Å². The molecule has 0 aliphatic heterocycles. The number of hydrogen-bond acceptors (Lipinski definition) is 3. The highest BCUT2D eigenvalue weighted by Crippen LogP contribution is 2.39. The Morgan fingerprint density at radius 1 is 1.40 bits per heavy atom. The van der Waals surface area contributed by atoms with Crippen LogP contribution in [0.5, 0.6) is 0 Å². The number of nitrogens with one attached hydrogen (secondary N) is 1. The van der Waals surface area contributed by atoms with E-state index >= 15 is 0 Å². The average molecular weight is 351 g/mol. The van der Waals surface area contributed by atoms with Gasteiger partial charge in [-0.3, -0.25) is 0 Å². The average Bonchev–Trinajstić information content (AvgIpc) is 2.89. The molecule has 1 unspecified atom stereocenters. The number of nitrogens with zero attached hydrogens (tertiary/aromatic N) is 1. The first-order chi connectivity index (χ1) is 9.79. The molecule has 4 heteroatoms. The van der Waals surface area contributed by atoms with E-state index in [9.17, 15) is 0 Å². The molecule has 0 saturated carbocycles. The number of thiazole rings is 1. The molecule has 1 aromatic carbocycles. The van der Waals surface area contributed by atoms with Gasteiger partial charge in [0, 0.05) is 21.0 Å². The third kappa shape index (κ3) is 2.83. The molecular formula is C16H19BrN2S. The zero-order chi connectivity index (χ0) is 13.9. The van der Waals surface area contributed by atoms with Crippen molar-refractivity contribution in [2.75, 3.05) is 6.54 Å². The Morgan fingerprint density at radius 2 is 2.25 bits per heavy atom. The van der Waals surface area contributed by atoms with Gasteiger partial charge in [0.05, 0.1) is 5.69 Å². The van der Waals surface area contributed by atoms with Crippen LogP contribution < -0.4 is 5.32 Å². The van der Waals surface area contributed by atoms with Crippen molar-refractivity contribution >= 4 is 27.3 Å². The number of aryl methyl sites for hydroxylation is 1. The summed E-state index contributed by atoms with van der Waals surface area (Å²) in [6.45, 7) is 3.31. The van der Waals surface area contributed by atoms with Crippen LogP contribution in [0.3, 0.4) is 0 Å². The van der Waals surface area contributed by atoms with Gasteiger partial charge in [0.25, 0.3) is 0 Å². The standard InChI is InChI=1S/C16H19BrN2S/c1-2-10-18-13-8-5-9-14-15(13)20-16(19-14)11-6-3-4-7-12(11)17/h3-4,6-7,13,18H,2,5,8-10H2,1H3. The van der Waals surface area contributed by atoms with Gasteiger partial charge < -0.3 is 5.32 Å². The largest absolute Gasteiger partial charge is 0.309 e. The Kier molecular flexibility index (Phi) is 4.54. The zero-order valence-corrected chi connectivity index (χ0v) is 14.1. The molecule has 0 saturated heterocycles. The summed E-state index contributed by atoms with van der Waals surface area (Å²) in [5.41, 5.74) is 2.52. The summed E-state index contributed by atoms with van der Waals surface area (Å²) in [6.07, 6.45) is 4.79. The second-order valence-corrected chi connectivity index (χ2v) is 7.09. The lowest BCUT2D eigenvalue weighted by atomic mass is 9.98. The fourth-order valence-electron chi connectivity index (χ4n) is 2.68. The molecule has 0 radical (unpaired) electrons. The molecule has 3 rings (SSSR count). The maximum Gasteiger partial charge on any atom is 0.125 e. The Labute approximate surface area is 132 Å². The van der Waals surface area contributed by atoms with Gasteiger partial charge in [-0.1, -0.05) is 41.1 Å². The number of halogens is 1. The van der Waals surface area contributed by atoms with Crippen LogP contribution in [0, 0.1) is 0 Å². The first kappa shape index (κ1) is 14.2. The topological polar surface area (TPSA) is 24.9 Å². The normalized spacial score (nSPS) is 18.0. The molecule has 1 aromatic heterocycles. The van der Waals surface area contributed by atoms with Crippen molar-refractivity contribution < 1.29 is 0 Å². The van der Waals surface area contributed by atoms with Crippen molar-refractivity contribution in [3.63, 3.8) is 0 Å². The molecule has 1 N–H and O–H groups in total. The van der Waals surface area contributed by atoms with E-state index in [1.165, 1.54) is 35.4 Å². The van der Waals surface area contributed by atoms with Crippen molar-refractivity contribution in [2.24, 2.45) is 0 Å². The maximum absolute atomic E-state index is 4.89. The van der Waals surface area contributed by atoms with Crippen LogP contribution in [0.25, 0.3) is 10.6 Å². The zero-order valence-electron chi connectivity index (χ0n) is 11.7. The minimum Gasteiger partial charge on any atom is -0.309 e. The van der Waals surface area contributed by atoms with E-state index in [1.54, 1.807) is 0 Å². The van der Waals surface area contributed by atoms with Crippen LogP contribution in [-0.4, -0.2) is 11.5 Å². The third-order valence-corrected chi connectivity index (χ3v) is 5.63. The molecule has 1 atom stereocenters. The third-order valence-electron chi connectivity index (χ3n) is 3.70. The minimum atomic E-state index is 0.507. The number of rotatable bonds is 4. The molecule has 1 heterocycles. The number of aromatic nitrogens is 1. The molecule has 0 fully saturated rings. The molecular weight excluding hydrogens is 332 g/mol. The Bertz CT molecular complexity index is 594. The number of benzene rings is 1. The van der Waals surface area contributed by atoms with E-state index in [2.05, 4.69) is 46.4 Å². The molecule has 1 aliphatic rings. The highest BCUT2D eigenvalue weighted by molar-refractivity contribution is 9.10. The van der Waals surface area contributed by atoms with Gasteiger partial charge in [-0.2, -0.15) is 0 Å². The highest BCUT2D eigenvalue weighted by atomic mass is 79.9. The lowest BCUT2D eigenvalue weighted by Crippen LogP contribution is -2.24. The van der Waals surface area contributed by atoms with E-state index in [1.807, 2.05) is 17.4 Å². The predicted octanol–water partition coefficient (Wildman–Crippen LogP) is 4.95. The van der Waals surface area contributed by atoms with Crippen molar-refractivity contribution in [3.05, 3.63) is 39.3 Å². The summed E-state index contributed by atoms with van der Waals surface area (Å²) in [6, 6.07) is 8.86. The molecule has 0 amide bonds. The molecule has 2 nitrogen and oxygen atoms in total. The molecule has 0 bridgehead atoms. The van der Waals surface area contributed by atoms with Crippen molar-refractivity contribution in [1.29, 1.82) is 0 Å². The van der Waals surface area contributed by atoms with Gasteiger partial charge in [-0.05, 0) is 38.3 Å². The summed E-state index contributed by atoms with van der Waals surface area (Å²) in [7, 11) is 0. The molecule has 20 heavy (non-hydrogen) atoms. The summed E-state index contributed by atoms with van der Waals surface area (Å²) in [5, 5.41) is 4.81. The Morgan fingerprint density at radius 3 is 3.05 bits per heavy atom. The summed E-state index contributed by atoms with van der Waals surface area (Å²) in [5.74, 6) is 0. The van der Waals surface area contributed by atoms with E-state index in [4.69, 9.17) is 4.98 Å². The fourth-order valence-corrected chi connectivity index (χ4v) is 4.55. The van der Waals surface area contributed by atoms with Crippen LogP contribution >= 0.6 is 27.3 Å². The summed E-state index contributed by atoms with van der Waals surface area (Å²) < 4.78 is 1.13. The van der Waals surface area contributed by atoms with Gasteiger partial charge in [0.15, 0.2) is 0 Å².